The van der Waals surface area contributed by atoms with Crippen molar-refractivity contribution in [3.05, 3.63) is 70.8 Å². The van der Waals surface area contributed by atoms with E-state index in [4.69, 9.17) is 0 Å². The van der Waals surface area contributed by atoms with Crippen LogP contribution in [0.1, 0.15) is 48.4 Å². The first-order valence-corrected chi connectivity index (χ1v) is 12.1. The Labute approximate surface area is 208 Å². The first-order valence-electron chi connectivity index (χ1n) is 12.1. The molecular formula is C29H18N4O4. The first kappa shape index (κ1) is 20.2. The molecule has 6 aromatic rings. The second-order valence-electron chi connectivity index (χ2n) is 9.62. The molecule has 0 unspecified atom stereocenters. The van der Waals surface area contributed by atoms with Crippen molar-refractivity contribution in [3.8, 4) is 0 Å². The van der Waals surface area contributed by atoms with Crippen LogP contribution in [0.4, 0.5) is 0 Å². The molecule has 8 rings (SSSR count). The van der Waals surface area contributed by atoms with Crippen molar-refractivity contribution < 1.29 is 19.2 Å². The molecular weight excluding hydrogens is 468 g/mol. The Morgan fingerprint density at radius 1 is 0.595 bits per heavy atom. The molecule has 2 N–H and O–H groups in total. The van der Waals surface area contributed by atoms with Gasteiger partial charge in [0.25, 0.3) is 23.6 Å². The molecule has 4 amide bonds. The maximum absolute atomic E-state index is 14.0. The van der Waals surface area contributed by atoms with E-state index < -0.39 is 23.6 Å². The van der Waals surface area contributed by atoms with E-state index >= 15 is 0 Å². The molecule has 0 atom stereocenters. The van der Waals surface area contributed by atoms with Gasteiger partial charge in [0.1, 0.15) is 0 Å². The third kappa shape index (κ3) is 2.12. The Balaban J connectivity index is 1.81. The lowest BCUT2D eigenvalue weighted by molar-refractivity contribution is 0.0612. The van der Waals surface area contributed by atoms with Crippen LogP contribution in [0.15, 0.2) is 48.5 Å². The molecule has 0 bridgehead atoms. The number of rotatable bonds is 1. The summed E-state index contributed by atoms with van der Waals surface area (Å²) in [5.74, 6) is -1.80. The first-order chi connectivity index (χ1) is 17.9. The number of aromatic nitrogens is 2. The number of benzene rings is 4. The molecule has 178 valence electrons. The van der Waals surface area contributed by atoms with Gasteiger partial charge in [-0.1, -0.05) is 36.4 Å². The molecule has 0 aliphatic carbocycles. The topological polar surface area (TPSA) is 106 Å². The molecule has 0 fully saturated rings. The molecule has 0 saturated heterocycles. The Morgan fingerprint density at radius 3 is 1.49 bits per heavy atom. The lowest BCUT2D eigenvalue weighted by Gasteiger charge is -2.32. The molecule has 4 heterocycles. The van der Waals surface area contributed by atoms with Gasteiger partial charge in [-0.05, 0) is 19.1 Å². The van der Waals surface area contributed by atoms with Crippen molar-refractivity contribution in [2.24, 2.45) is 0 Å². The average Bonchev–Trinajstić information content (AvgIpc) is 3.47. The predicted molar refractivity (Wildman–Crippen MR) is 140 cm³/mol. The van der Waals surface area contributed by atoms with Gasteiger partial charge in [0, 0.05) is 56.9 Å². The van der Waals surface area contributed by atoms with E-state index in [9.17, 15) is 19.2 Å². The largest absolute Gasteiger partial charge is 0.354 e. The maximum atomic E-state index is 14.0. The Bertz CT molecular complexity index is 1990. The van der Waals surface area contributed by atoms with E-state index in [0.717, 1.165) is 26.7 Å². The van der Waals surface area contributed by atoms with Gasteiger partial charge >= 0.3 is 0 Å². The van der Waals surface area contributed by atoms with Gasteiger partial charge < -0.3 is 9.97 Å². The lowest BCUT2D eigenvalue weighted by Crippen LogP contribution is -2.42. The zero-order valence-corrected chi connectivity index (χ0v) is 19.9. The summed E-state index contributed by atoms with van der Waals surface area (Å²) in [5.41, 5.74) is 3.81. The summed E-state index contributed by atoms with van der Waals surface area (Å²) in [5, 5.41) is 3.49. The summed E-state index contributed by atoms with van der Waals surface area (Å²) < 4.78 is 0. The minimum Gasteiger partial charge on any atom is -0.354 e. The number of imide groups is 2. The SMILES string of the molecule is CCN1C(=O)c2c3c(c4c([nH]c5ccccc54)c4c3c(c3[nH]c5ccccc5c23)C(=O)N(C)C4=O)C1=O. The van der Waals surface area contributed by atoms with Crippen molar-refractivity contribution in [1.29, 1.82) is 0 Å². The van der Waals surface area contributed by atoms with Gasteiger partial charge in [0.05, 0.1) is 33.3 Å². The van der Waals surface area contributed by atoms with Crippen LogP contribution in [-0.4, -0.2) is 57.0 Å². The third-order valence-corrected chi connectivity index (χ3v) is 7.93. The van der Waals surface area contributed by atoms with Gasteiger partial charge in [-0.15, -0.1) is 0 Å². The summed E-state index contributed by atoms with van der Waals surface area (Å²) in [6.45, 7) is 1.96. The fourth-order valence-electron chi connectivity index (χ4n) is 6.36. The van der Waals surface area contributed by atoms with E-state index in [1.807, 2.05) is 48.5 Å². The fourth-order valence-corrected chi connectivity index (χ4v) is 6.36. The van der Waals surface area contributed by atoms with Crippen LogP contribution >= 0.6 is 0 Å². The minimum atomic E-state index is -0.472. The summed E-state index contributed by atoms with van der Waals surface area (Å²) >= 11 is 0. The normalized spacial score (nSPS) is 15.5. The minimum absolute atomic E-state index is 0.191. The second kappa shape index (κ2) is 6.41. The van der Waals surface area contributed by atoms with Crippen LogP contribution in [0, 0.1) is 0 Å². The average molecular weight is 486 g/mol. The van der Waals surface area contributed by atoms with Gasteiger partial charge in [-0.3, -0.25) is 29.0 Å². The molecule has 8 heteroatoms. The summed E-state index contributed by atoms with van der Waals surface area (Å²) in [6, 6.07) is 15.1. The van der Waals surface area contributed by atoms with E-state index in [1.165, 1.54) is 11.9 Å². The molecule has 0 radical (unpaired) electrons. The van der Waals surface area contributed by atoms with Crippen LogP contribution in [-0.2, 0) is 0 Å². The quantitative estimate of drug-likeness (QED) is 0.321. The zero-order valence-electron chi connectivity index (χ0n) is 19.9. The molecule has 2 aliphatic rings. The van der Waals surface area contributed by atoms with E-state index in [1.54, 1.807) is 6.92 Å². The number of nitrogens with one attached hydrogen (secondary N) is 2. The zero-order chi connectivity index (χ0) is 25.3. The predicted octanol–water partition coefficient (Wildman–Crippen LogP) is 4.95. The van der Waals surface area contributed by atoms with Crippen molar-refractivity contribution in [1.82, 2.24) is 19.8 Å². The molecule has 8 nitrogen and oxygen atoms in total. The molecule has 0 saturated carbocycles. The number of fused-ring (bicyclic) bond motifs is 10. The number of carbonyl (C=O) groups is 4. The smallest absolute Gasteiger partial charge is 0.263 e. The lowest BCUT2D eigenvalue weighted by atomic mass is 9.81. The highest BCUT2D eigenvalue weighted by molar-refractivity contribution is 6.45. The van der Waals surface area contributed by atoms with Crippen molar-refractivity contribution in [3.63, 3.8) is 0 Å². The summed E-state index contributed by atoms with van der Waals surface area (Å²) in [4.78, 5) is 64.5. The fraction of sp³-hybridized carbons (Fsp3) is 0.103. The summed E-state index contributed by atoms with van der Waals surface area (Å²) in [7, 11) is 1.46. The Hall–Kier alpha value is -4.98. The highest BCUT2D eigenvalue weighted by Crippen LogP contribution is 2.49. The van der Waals surface area contributed by atoms with Crippen LogP contribution in [0.2, 0.25) is 0 Å². The molecule has 0 spiro atoms. The van der Waals surface area contributed by atoms with Crippen molar-refractivity contribution in [2.45, 2.75) is 6.92 Å². The van der Waals surface area contributed by atoms with E-state index in [-0.39, 0.29) is 6.54 Å². The van der Waals surface area contributed by atoms with Gasteiger partial charge in [0.15, 0.2) is 0 Å². The maximum Gasteiger partial charge on any atom is 0.263 e. The monoisotopic (exact) mass is 486 g/mol. The number of aromatic amines is 2. The highest BCUT2D eigenvalue weighted by atomic mass is 16.2. The Kier molecular flexibility index (Phi) is 3.51. The van der Waals surface area contributed by atoms with E-state index in [0.29, 0.717) is 54.8 Å². The molecule has 2 aromatic heterocycles. The van der Waals surface area contributed by atoms with Crippen LogP contribution in [0.3, 0.4) is 0 Å². The number of amides is 4. The Morgan fingerprint density at radius 2 is 1.03 bits per heavy atom. The highest BCUT2D eigenvalue weighted by Gasteiger charge is 2.44. The number of para-hydroxylation sites is 2. The number of H-pyrrole nitrogens is 2. The summed E-state index contributed by atoms with van der Waals surface area (Å²) in [6.07, 6.45) is 0. The number of hydrogen-bond donors (Lipinski definition) is 2. The number of nitrogens with zero attached hydrogens (tertiary/aromatic N) is 2. The molecule has 37 heavy (non-hydrogen) atoms. The van der Waals surface area contributed by atoms with Crippen LogP contribution < -0.4 is 0 Å². The molecule has 4 aromatic carbocycles. The second-order valence-corrected chi connectivity index (χ2v) is 9.62. The number of hydrogen-bond acceptors (Lipinski definition) is 4. The van der Waals surface area contributed by atoms with Gasteiger partial charge in [-0.2, -0.15) is 0 Å². The van der Waals surface area contributed by atoms with E-state index in [2.05, 4.69) is 9.97 Å². The van der Waals surface area contributed by atoms with Crippen molar-refractivity contribution in [2.75, 3.05) is 13.6 Å². The van der Waals surface area contributed by atoms with Crippen LogP contribution in [0.5, 0.6) is 0 Å². The molecule has 2 aliphatic heterocycles. The number of carbonyl (C=O) groups excluding carboxylic acids is 4. The standard InChI is InChI=1S/C29H18N4O4/c1-3-33-28(36)20-16-12-8-4-6-10-14(12)30-24(16)22-19-18(20)21(29(33)37)17-13-9-5-7-11-15(13)31-25(17)23(19)27(35)32(2)26(22)34/h4-11,30-31H,3H2,1-2H3. The van der Waals surface area contributed by atoms with Gasteiger partial charge in [0.2, 0.25) is 0 Å². The van der Waals surface area contributed by atoms with Gasteiger partial charge in [-0.25, -0.2) is 0 Å². The third-order valence-electron chi connectivity index (χ3n) is 7.93. The van der Waals surface area contributed by atoms with Crippen LogP contribution in [0.25, 0.3) is 54.4 Å². The van der Waals surface area contributed by atoms with Crippen molar-refractivity contribution >= 4 is 78.0 Å².